The number of hydrogen-bond acceptors (Lipinski definition) is 14. The van der Waals surface area contributed by atoms with Crippen molar-refractivity contribution < 1.29 is 18.1 Å². The highest BCUT2D eigenvalue weighted by Crippen LogP contribution is 2.38. The summed E-state index contributed by atoms with van der Waals surface area (Å²) in [5, 5.41) is 1.93. The Morgan fingerprint density at radius 2 is 0.598 bits per heavy atom. The molecule has 0 saturated carbocycles. The van der Waals surface area contributed by atoms with E-state index >= 15 is 0 Å². The molecule has 1 fully saturated rings. The minimum Gasteiger partial charge on any atom is -0.436 e. The summed E-state index contributed by atoms with van der Waals surface area (Å²) in [7, 11) is -0.401. The second-order valence-electron chi connectivity index (χ2n) is 23.2. The molecule has 442 valence electrons. The molecule has 0 radical (unpaired) electrons. The number of benzene rings is 10. The SMILES string of the molecule is Brc1ccc2oc3nc4ccccc4nc3c2c1.CC1(C)OB(c2ccc(-c3nc(-c4ccccc4)nc(-c4ccccc4)n3)cc2)OC1(C)C.c1ccc(-c2nc(-c3ccccc3)nc(-c3ccc(-c4ccc5oc6nc7ccccc7nc6c5c4)cc3)n2)cc1. The zero-order chi connectivity index (χ0) is 62.3. The summed E-state index contributed by atoms with van der Waals surface area (Å²) in [6.07, 6.45) is 0. The van der Waals surface area contributed by atoms with Gasteiger partial charge in [0.2, 0.25) is 11.4 Å². The number of rotatable bonds is 8. The van der Waals surface area contributed by atoms with Gasteiger partial charge in [-0.1, -0.05) is 216 Å². The maximum Gasteiger partial charge on any atom is 0.494 e. The van der Waals surface area contributed by atoms with Crippen molar-refractivity contribution >= 4 is 95.0 Å². The van der Waals surface area contributed by atoms with Gasteiger partial charge in [0.25, 0.3) is 0 Å². The lowest BCUT2D eigenvalue weighted by atomic mass is 9.79. The van der Waals surface area contributed by atoms with Crippen LogP contribution in [0.5, 0.6) is 0 Å². The van der Waals surface area contributed by atoms with Crippen LogP contribution < -0.4 is 5.46 Å². The first-order chi connectivity index (χ1) is 44.9. The Morgan fingerprint density at radius 1 is 0.293 bits per heavy atom. The third kappa shape index (κ3) is 11.5. The van der Waals surface area contributed by atoms with Crippen LogP contribution in [0.1, 0.15) is 27.7 Å². The molecule has 0 atom stereocenters. The van der Waals surface area contributed by atoms with Crippen LogP contribution in [-0.2, 0) is 9.31 Å². The van der Waals surface area contributed by atoms with Crippen molar-refractivity contribution in [2.24, 2.45) is 0 Å². The molecule has 1 aliphatic heterocycles. The van der Waals surface area contributed by atoms with Gasteiger partial charge in [-0.05, 0) is 98.9 Å². The first kappa shape index (κ1) is 57.4. The molecule has 17 rings (SSSR count). The average molecular weight is 1260 g/mol. The molecule has 0 spiro atoms. The Hall–Kier alpha value is -11.0. The molecular weight excluding hydrogens is 1210 g/mol. The van der Waals surface area contributed by atoms with Crippen LogP contribution in [0, 0.1) is 0 Å². The average Bonchev–Trinajstić information content (AvgIpc) is 1.63. The molecule has 0 bridgehead atoms. The zero-order valence-corrected chi connectivity index (χ0v) is 51.9. The van der Waals surface area contributed by atoms with Crippen LogP contribution in [0.15, 0.2) is 268 Å². The predicted octanol–water partition coefficient (Wildman–Crippen LogP) is 17.8. The lowest BCUT2D eigenvalue weighted by molar-refractivity contribution is 0.00578. The Balaban J connectivity index is 0.000000123. The van der Waals surface area contributed by atoms with Gasteiger partial charge >= 0.3 is 7.12 Å². The topological polar surface area (TPSA) is 174 Å². The van der Waals surface area contributed by atoms with E-state index in [-0.39, 0.29) is 11.2 Å². The van der Waals surface area contributed by atoms with Gasteiger partial charge in [0.05, 0.1) is 33.3 Å². The number of fused-ring (bicyclic) bond motifs is 8. The van der Waals surface area contributed by atoms with Crippen molar-refractivity contribution in [2.75, 3.05) is 0 Å². The monoisotopic (exact) mass is 1260 g/mol. The van der Waals surface area contributed by atoms with Crippen molar-refractivity contribution in [3.8, 4) is 79.5 Å². The van der Waals surface area contributed by atoms with Gasteiger partial charge in [-0.25, -0.2) is 49.8 Å². The van der Waals surface area contributed by atoms with Gasteiger partial charge in [-0.15, -0.1) is 0 Å². The summed E-state index contributed by atoms with van der Waals surface area (Å²) in [6, 6.07) is 84.0. The number of aromatic nitrogens is 10. The van der Waals surface area contributed by atoms with Gasteiger partial charge in [-0.3, -0.25) is 0 Å². The summed E-state index contributed by atoms with van der Waals surface area (Å²) >= 11 is 3.46. The quantitative estimate of drug-likeness (QED) is 0.131. The van der Waals surface area contributed by atoms with Crippen LogP contribution in [-0.4, -0.2) is 68.2 Å². The van der Waals surface area contributed by atoms with E-state index in [9.17, 15) is 0 Å². The molecule has 6 aromatic heterocycles. The summed E-state index contributed by atoms with van der Waals surface area (Å²) in [6.45, 7) is 8.23. The summed E-state index contributed by atoms with van der Waals surface area (Å²) in [4.78, 5) is 47.5. The molecule has 1 aliphatic rings. The van der Waals surface area contributed by atoms with E-state index in [4.69, 9.17) is 53.0 Å². The molecule has 16 aromatic rings. The first-order valence-electron chi connectivity index (χ1n) is 30.1. The highest BCUT2D eigenvalue weighted by molar-refractivity contribution is 9.10. The smallest absolute Gasteiger partial charge is 0.436 e. The van der Waals surface area contributed by atoms with Gasteiger partial charge in [0.15, 0.2) is 34.9 Å². The lowest BCUT2D eigenvalue weighted by Gasteiger charge is -2.32. The molecule has 0 unspecified atom stereocenters. The Morgan fingerprint density at radius 3 is 0.989 bits per heavy atom. The van der Waals surface area contributed by atoms with Crippen LogP contribution in [0.2, 0.25) is 0 Å². The van der Waals surface area contributed by atoms with Crippen molar-refractivity contribution in [3.05, 3.63) is 259 Å². The van der Waals surface area contributed by atoms with Crippen molar-refractivity contribution in [3.63, 3.8) is 0 Å². The van der Waals surface area contributed by atoms with Gasteiger partial charge in [0.1, 0.15) is 22.2 Å². The third-order valence-electron chi connectivity index (χ3n) is 16.5. The van der Waals surface area contributed by atoms with E-state index in [1.54, 1.807) is 0 Å². The number of hydrogen-bond donors (Lipinski definition) is 0. The summed E-state index contributed by atoms with van der Waals surface area (Å²) in [5.74, 6) is 3.84. The van der Waals surface area contributed by atoms with Crippen molar-refractivity contribution in [1.29, 1.82) is 0 Å². The highest BCUT2D eigenvalue weighted by atomic mass is 79.9. The van der Waals surface area contributed by atoms with Crippen LogP contribution in [0.25, 0.3) is 146 Å². The van der Waals surface area contributed by atoms with Gasteiger partial charge in [-0.2, -0.15) is 0 Å². The van der Waals surface area contributed by atoms with Crippen LogP contribution in [0.3, 0.4) is 0 Å². The van der Waals surface area contributed by atoms with E-state index in [0.717, 1.165) is 109 Å². The number of para-hydroxylation sites is 4. The minimum atomic E-state index is -0.401. The molecule has 92 heavy (non-hydrogen) atoms. The minimum absolute atomic E-state index is 0.375. The maximum absolute atomic E-state index is 6.19. The maximum atomic E-state index is 6.19. The zero-order valence-electron chi connectivity index (χ0n) is 50.3. The molecule has 16 heteroatoms. The molecule has 7 heterocycles. The Kier molecular flexibility index (Phi) is 15.0. The molecule has 0 aliphatic carbocycles. The fourth-order valence-electron chi connectivity index (χ4n) is 10.9. The lowest BCUT2D eigenvalue weighted by Crippen LogP contribution is -2.41. The summed E-state index contributed by atoms with van der Waals surface area (Å²) < 4.78 is 25.1. The molecule has 0 N–H and O–H groups in total. The van der Waals surface area contributed by atoms with E-state index in [1.807, 2.05) is 218 Å². The molecule has 10 aromatic carbocycles. The largest absolute Gasteiger partial charge is 0.494 e. The van der Waals surface area contributed by atoms with E-state index in [2.05, 4.69) is 95.0 Å². The fraction of sp³-hybridized carbons (Fsp3) is 0.0789. The van der Waals surface area contributed by atoms with Crippen molar-refractivity contribution in [2.45, 2.75) is 38.9 Å². The normalized spacial score (nSPS) is 13.3. The first-order valence-corrected chi connectivity index (χ1v) is 30.9. The molecule has 1 saturated heterocycles. The molecule has 0 amide bonds. The van der Waals surface area contributed by atoms with E-state index in [0.29, 0.717) is 46.4 Å². The van der Waals surface area contributed by atoms with E-state index < -0.39 is 7.12 Å². The van der Waals surface area contributed by atoms with Crippen molar-refractivity contribution in [1.82, 2.24) is 49.8 Å². The summed E-state index contributed by atoms with van der Waals surface area (Å²) in [5.41, 5.74) is 15.7. The van der Waals surface area contributed by atoms with E-state index in [1.165, 1.54) is 0 Å². The standard InChI is InChI=1S/C35H21N5O.C27H26BN3O2.C14H7BrN2O/c1-3-9-23(10-4-1)32-38-33(24-11-5-2-6-12-24)40-34(39-32)25-17-15-22(16-18-25)26-19-20-30-27(21-26)31-35(41-30)37-29-14-8-7-13-28(29)36-31;1-26(2)27(3,4)33-28(32-26)22-17-15-21(16-18-22)25-30-23(19-11-7-5-8-12-19)29-24(31-25)20-13-9-6-10-14-20;15-8-5-6-12-9(7-8)13-14(18-12)17-11-4-2-1-3-10(11)16-13/h1-21H;5-18H,1-4H3;1-7H. The number of nitrogens with zero attached hydrogens (tertiary/aromatic N) is 10. The fourth-order valence-corrected chi connectivity index (χ4v) is 11.2. The Bertz CT molecular complexity index is 5240. The highest BCUT2D eigenvalue weighted by Gasteiger charge is 2.51. The molecular formula is C76H54BBrN10O4. The second-order valence-corrected chi connectivity index (χ2v) is 24.1. The van der Waals surface area contributed by atoms with Crippen LogP contribution in [0.4, 0.5) is 0 Å². The molecule has 14 nitrogen and oxygen atoms in total. The Labute approximate surface area is 537 Å². The van der Waals surface area contributed by atoms with Gasteiger partial charge < -0.3 is 18.1 Å². The van der Waals surface area contributed by atoms with Crippen LogP contribution >= 0.6 is 15.9 Å². The number of furan rings is 2. The van der Waals surface area contributed by atoms with Gasteiger partial charge in [0, 0.05) is 48.6 Å². The second kappa shape index (κ2) is 24.1. The third-order valence-corrected chi connectivity index (χ3v) is 17.0. The predicted molar refractivity (Wildman–Crippen MR) is 368 cm³/mol. The number of halogens is 1.